The van der Waals surface area contributed by atoms with Crippen LogP contribution in [0, 0.1) is 22.7 Å². The van der Waals surface area contributed by atoms with Crippen molar-refractivity contribution < 1.29 is 29.3 Å². The van der Waals surface area contributed by atoms with Crippen molar-refractivity contribution in [3.05, 3.63) is 23.8 Å². The number of ketones is 1. The topological polar surface area (TPSA) is 104 Å². The molecule has 3 fully saturated rings. The van der Waals surface area contributed by atoms with Crippen LogP contribution in [0.25, 0.3) is 0 Å². The fraction of sp³-hybridized carbons (Fsp3) is 0.667. The average molecular weight is 472 g/mol. The van der Waals surface area contributed by atoms with Crippen LogP contribution in [-0.2, 0) is 25.5 Å². The van der Waals surface area contributed by atoms with Gasteiger partial charge in [-0.15, -0.1) is 0 Å². The van der Waals surface area contributed by atoms with E-state index in [9.17, 15) is 24.6 Å². The lowest BCUT2D eigenvalue weighted by Gasteiger charge is -2.39. The van der Waals surface area contributed by atoms with Gasteiger partial charge in [0.15, 0.2) is 11.5 Å². The van der Waals surface area contributed by atoms with Crippen molar-refractivity contribution in [3.8, 4) is 11.5 Å². The third-order valence-electron chi connectivity index (χ3n) is 9.18. The first-order valence-corrected chi connectivity index (χ1v) is 12.5. The third kappa shape index (κ3) is 4.18. The molecule has 1 aliphatic heterocycles. The van der Waals surface area contributed by atoms with Crippen LogP contribution in [0.3, 0.4) is 0 Å². The number of carbonyl (C=O) groups excluding carboxylic acids is 3. The zero-order chi connectivity index (χ0) is 24.8. The number of aromatic hydroxyl groups is 2. The van der Waals surface area contributed by atoms with Crippen LogP contribution in [-0.4, -0.2) is 51.5 Å². The normalized spacial score (nSPS) is 30.4. The Hall–Kier alpha value is -2.57. The first-order chi connectivity index (χ1) is 15.9. The summed E-state index contributed by atoms with van der Waals surface area (Å²) >= 11 is 0. The summed E-state index contributed by atoms with van der Waals surface area (Å²) in [5.74, 6) is -1.14. The van der Waals surface area contributed by atoms with Crippen LogP contribution in [0.1, 0.15) is 71.8 Å². The molecule has 1 aromatic rings. The van der Waals surface area contributed by atoms with Gasteiger partial charge in [0.1, 0.15) is 17.9 Å². The summed E-state index contributed by atoms with van der Waals surface area (Å²) in [6.07, 6.45) is 4.49. The van der Waals surface area contributed by atoms with Crippen molar-refractivity contribution in [2.75, 3.05) is 6.54 Å². The summed E-state index contributed by atoms with van der Waals surface area (Å²) in [5, 5.41) is 19.0. The van der Waals surface area contributed by atoms with Gasteiger partial charge in [0.05, 0.1) is 0 Å². The van der Waals surface area contributed by atoms with Gasteiger partial charge in [-0.25, -0.2) is 4.79 Å². The lowest BCUT2D eigenvalue weighted by atomic mass is 9.70. The predicted octanol–water partition coefficient (Wildman–Crippen LogP) is 3.98. The highest BCUT2D eigenvalue weighted by Gasteiger charge is 2.63. The van der Waals surface area contributed by atoms with Crippen molar-refractivity contribution in [2.45, 2.75) is 84.8 Å². The molecule has 0 spiro atoms. The van der Waals surface area contributed by atoms with Crippen LogP contribution in [0.4, 0.5) is 0 Å². The fourth-order valence-corrected chi connectivity index (χ4v) is 6.49. The zero-order valence-corrected chi connectivity index (χ0v) is 20.7. The van der Waals surface area contributed by atoms with Crippen molar-refractivity contribution >= 4 is 17.7 Å². The van der Waals surface area contributed by atoms with Gasteiger partial charge in [0.2, 0.25) is 5.91 Å². The molecule has 0 aromatic heterocycles. The number of benzene rings is 1. The highest BCUT2D eigenvalue weighted by atomic mass is 16.5. The molecule has 4 rings (SSSR count). The van der Waals surface area contributed by atoms with Gasteiger partial charge in [-0.3, -0.25) is 9.59 Å². The van der Waals surface area contributed by atoms with Crippen molar-refractivity contribution in [3.63, 3.8) is 0 Å². The molecular weight excluding hydrogens is 434 g/mol. The summed E-state index contributed by atoms with van der Waals surface area (Å²) < 4.78 is 6.07. The molecule has 2 aliphatic carbocycles. The molecule has 2 bridgehead atoms. The summed E-state index contributed by atoms with van der Waals surface area (Å²) in [6, 6.07) is 3.68. The Kier molecular flexibility index (Phi) is 6.42. The molecule has 1 aromatic carbocycles. The average Bonchev–Trinajstić information content (AvgIpc) is 3.39. The van der Waals surface area contributed by atoms with Crippen molar-refractivity contribution in [1.29, 1.82) is 0 Å². The lowest BCUT2D eigenvalue weighted by Crippen LogP contribution is -2.46. The Balaban J connectivity index is 1.34. The molecule has 3 aliphatic rings. The molecule has 1 heterocycles. The SMILES string of the molecule is C[C@H](CC(=O)Cc1ccc(O)c(O)c1)C(=O)N1CCC[C@H]1C(=O)OC1CC2CCC1(C)C2(C)C. The van der Waals surface area contributed by atoms with E-state index in [1.807, 2.05) is 0 Å². The number of phenols is 2. The Morgan fingerprint density at radius 3 is 2.50 bits per heavy atom. The van der Waals surface area contributed by atoms with E-state index in [0.717, 1.165) is 19.3 Å². The van der Waals surface area contributed by atoms with E-state index in [0.29, 0.717) is 24.4 Å². The Morgan fingerprint density at radius 1 is 1.15 bits per heavy atom. The fourth-order valence-electron chi connectivity index (χ4n) is 6.49. The van der Waals surface area contributed by atoms with Crippen LogP contribution < -0.4 is 0 Å². The van der Waals surface area contributed by atoms with Gasteiger partial charge in [0.25, 0.3) is 0 Å². The number of fused-ring (bicyclic) bond motifs is 2. The first kappa shape index (κ1) is 24.6. The highest BCUT2D eigenvalue weighted by Crippen LogP contribution is 2.66. The van der Waals surface area contributed by atoms with Crippen LogP contribution in [0.15, 0.2) is 18.2 Å². The van der Waals surface area contributed by atoms with E-state index in [-0.39, 0.29) is 58.9 Å². The second-order valence-electron chi connectivity index (χ2n) is 11.4. The quantitative estimate of drug-likeness (QED) is 0.460. The molecule has 5 atom stereocenters. The maximum atomic E-state index is 13.2. The molecule has 7 nitrogen and oxygen atoms in total. The molecule has 1 saturated heterocycles. The Bertz CT molecular complexity index is 987. The van der Waals surface area contributed by atoms with Gasteiger partial charge in [0, 0.05) is 30.7 Å². The maximum absolute atomic E-state index is 13.2. The molecule has 2 saturated carbocycles. The Labute approximate surface area is 201 Å². The van der Waals surface area contributed by atoms with E-state index >= 15 is 0 Å². The number of Topliss-reactive ketones (excluding diaryl/α,β-unsaturated/α-hetero) is 1. The number of likely N-dealkylation sites (tertiary alicyclic amines) is 1. The molecule has 3 unspecified atom stereocenters. The van der Waals surface area contributed by atoms with Gasteiger partial charge in [-0.05, 0) is 61.1 Å². The zero-order valence-electron chi connectivity index (χ0n) is 20.7. The number of carbonyl (C=O) groups is 3. The molecule has 34 heavy (non-hydrogen) atoms. The summed E-state index contributed by atoms with van der Waals surface area (Å²) in [4.78, 5) is 40.5. The second-order valence-corrected chi connectivity index (χ2v) is 11.4. The molecule has 2 N–H and O–H groups in total. The van der Waals surface area contributed by atoms with E-state index < -0.39 is 12.0 Å². The van der Waals surface area contributed by atoms with E-state index in [2.05, 4.69) is 20.8 Å². The van der Waals surface area contributed by atoms with Gasteiger partial charge < -0.3 is 19.8 Å². The number of esters is 1. The minimum Gasteiger partial charge on any atom is -0.504 e. The number of phenolic OH excluding ortho intramolecular Hbond substituents is 2. The smallest absolute Gasteiger partial charge is 0.329 e. The standard InChI is InChI=1S/C27H37NO6/c1-16(12-19(29)13-17-7-8-21(30)22(31)14-17)24(32)28-11-5-6-20(28)25(33)34-23-15-18-9-10-27(23,4)26(18,2)3/h7-8,14,16,18,20,23,30-31H,5-6,9-13,15H2,1-4H3/t16-,18?,20+,23?,27?/m1/s1. The number of rotatable bonds is 7. The minimum absolute atomic E-state index is 0.0247. The molecular formula is C27H37NO6. The van der Waals surface area contributed by atoms with E-state index in [4.69, 9.17) is 4.74 Å². The van der Waals surface area contributed by atoms with Gasteiger partial charge in [-0.2, -0.15) is 0 Å². The van der Waals surface area contributed by atoms with Gasteiger partial charge >= 0.3 is 5.97 Å². The van der Waals surface area contributed by atoms with Crippen LogP contribution >= 0.6 is 0 Å². The second kappa shape index (κ2) is 8.90. The molecule has 1 amide bonds. The number of nitrogens with zero attached hydrogens (tertiary/aromatic N) is 1. The first-order valence-electron chi connectivity index (χ1n) is 12.5. The molecule has 0 radical (unpaired) electrons. The largest absolute Gasteiger partial charge is 0.504 e. The van der Waals surface area contributed by atoms with E-state index in [1.54, 1.807) is 17.9 Å². The van der Waals surface area contributed by atoms with Crippen molar-refractivity contribution in [1.82, 2.24) is 4.90 Å². The molecule has 7 heteroatoms. The number of ether oxygens (including phenoxy) is 1. The van der Waals surface area contributed by atoms with Gasteiger partial charge in [-0.1, -0.05) is 33.8 Å². The highest BCUT2D eigenvalue weighted by molar-refractivity contribution is 5.90. The number of hydrogen-bond acceptors (Lipinski definition) is 6. The van der Waals surface area contributed by atoms with Crippen LogP contribution in [0.5, 0.6) is 11.5 Å². The van der Waals surface area contributed by atoms with Crippen LogP contribution in [0.2, 0.25) is 0 Å². The lowest BCUT2D eigenvalue weighted by molar-refractivity contribution is -0.165. The minimum atomic E-state index is -0.579. The number of amides is 1. The summed E-state index contributed by atoms with van der Waals surface area (Å²) in [7, 11) is 0. The molecule has 186 valence electrons. The third-order valence-corrected chi connectivity index (χ3v) is 9.18. The Morgan fingerprint density at radius 2 is 1.88 bits per heavy atom. The van der Waals surface area contributed by atoms with Crippen molar-refractivity contribution in [2.24, 2.45) is 22.7 Å². The maximum Gasteiger partial charge on any atom is 0.329 e. The summed E-state index contributed by atoms with van der Waals surface area (Å²) in [6.45, 7) is 9.01. The monoisotopic (exact) mass is 471 g/mol. The number of hydrogen-bond donors (Lipinski definition) is 2. The summed E-state index contributed by atoms with van der Waals surface area (Å²) in [5.41, 5.74) is 0.694. The van der Waals surface area contributed by atoms with E-state index in [1.165, 1.54) is 18.6 Å². The predicted molar refractivity (Wildman–Crippen MR) is 126 cm³/mol.